The van der Waals surface area contributed by atoms with Gasteiger partial charge in [0.15, 0.2) is 5.82 Å². The second-order valence-electron chi connectivity index (χ2n) is 7.43. The lowest BCUT2D eigenvalue weighted by molar-refractivity contribution is -0.0103. The number of hydrogen-bond acceptors (Lipinski definition) is 5. The van der Waals surface area contributed by atoms with Gasteiger partial charge in [0.05, 0.1) is 25.0 Å². The van der Waals surface area contributed by atoms with Crippen molar-refractivity contribution in [3.05, 3.63) is 11.7 Å². The summed E-state index contributed by atoms with van der Waals surface area (Å²) in [6.45, 7) is 0. The number of aliphatic hydroxyl groups excluding tert-OH is 1. The molecule has 0 saturated heterocycles. The van der Waals surface area contributed by atoms with Gasteiger partial charge in [-0.1, -0.05) is 5.16 Å². The summed E-state index contributed by atoms with van der Waals surface area (Å²) in [5.74, 6) is 3.89. The Bertz CT molecular complexity index is 539. The van der Waals surface area contributed by atoms with Crippen LogP contribution < -0.4 is 0 Å². The lowest BCUT2D eigenvalue weighted by atomic mass is 9.49. The zero-order chi connectivity index (χ0) is 14.4. The van der Waals surface area contributed by atoms with E-state index in [1.54, 1.807) is 0 Å². The van der Waals surface area contributed by atoms with E-state index in [9.17, 15) is 5.11 Å². The molecule has 4 fully saturated rings. The summed E-state index contributed by atoms with van der Waals surface area (Å²) in [7, 11) is 0. The summed E-state index contributed by atoms with van der Waals surface area (Å²) >= 11 is 0. The highest BCUT2D eigenvalue weighted by Crippen LogP contribution is 2.60. The third kappa shape index (κ3) is 2.26. The number of hydrogen-bond donors (Lipinski definition) is 1. The molecule has 0 aromatic carbocycles. The van der Waals surface area contributed by atoms with E-state index in [-0.39, 0.29) is 18.3 Å². The van der Waals surface area contributed by atoms with Crippen molar-refractivity contribution in [2.45, 2.75) is 62.9 Å². The van der Waals surface area contributed by atoms with Crippen LogP contribution in [0.1, 0.15) is 56.7 Å². The summed E-state index contributed by atoms with van der Waals surface area (Å²) in [4.78, 5) is 4.58. The predicted octanol–water partition coefficient (Wildman–Crippen LogP) is 2.35. The molecule has 0 aliphatic heterocycles. The van der Waals surface area contributed by atoms with E-state index < -0.39 is 6.10 Å². The Hall–Kier alpha value is -1.41. The summed E-state index contributed by atoms with van der Waals surface area (Å²) in [6, 6.07) is 1.96. The minimum atomic E-state index is -0.709. The van der Waals surface area contributed by atoms with Crippen LogP contribution in [0.25, 0.3) is 0 Å². The summed E-state index contributed by atoms with van der Waals surface area (Å²) in [6.07, 6.45) is 7.48. The fraction of sp³-hybridized carbons (Fsp3) is 0.812. The zero-order valence-corrected chi connectivity index (χ0v) is 12.2. The molecule has 112 valence electrons. The molecule has 4 saturated carbocycles. The molecule has 1 aromatic heterocycles. The largest absolute Gasteiger partial charge is 0.392 e. The van der Waals surface area contributed by atoms with Crippen molar-refractivity contribution in [2.75, 3.05) is 0 Å². The molecule has 1 atom stereocenters. The lowest BCUT2D eigenvalue weighted by Crippen LogP contribution is -2.49. The van der Waals surface area contributed by atoms with E-state index in [1.165, 1.54) is 38.5 Å². The maximum Gasteiger partial charge on any atom is 0.229 e. The van der Waals surface area contributed by atoms with Gasteiger partial charge in [0.25, 0.3) is 0 Å². The maximum absolute atomic E-state index is 9.70. The van der Waals surface area contributed by atoms with Gasteiger partial charge >= 0.3 is 0 Å². The lowest BCUT2D eigenvalue weighted by Gasteiger charge is -2.55. The second kappa shape index (κ2) is 4.81. The average molecular weight is 287 g/mol. The van der Waals surface area contributed by atoms with Gasteiger partial charge in [-0.05, 0) is 56.3 Å². The molecular formula is C16H21N3O2. The number of aliphatic hydroxyl groups is 1. The zero-order valence-electron chi connectivity index (χ0n) is 12.2. The minimum absolute atomic E-state index is 0.106. The Labute approximate surface area is 124 Å². The van der Waals surface area contributed by atoms with Crippen molar-refractivity contribution in [3.63, 3.8) is 0 Å². The van der Waals surface area contributed by atoms with Crippen LogP contribution in [0.4, 0.5) is 0 Å². The molecule has 4 aliphatic carbocycles. The van der Waals surface area contributed by atoms with Crippen molar-refractivity contribution in [3.8, 4) is 6.07 Å². The van der Waals surface area contributed by atoms with Gasteiger partial charge in [-0.15, -0.1) is 0 Å². The molecule has 5 rings (SSSR count). The first-order chi connectivity index (χ1) is 10.2. The van der Waals surface area contributed by atoms with Gasteiger partial charge in [-0.25, -0.2) is 0 Å². The first-order valence-corrected chi connectivity index (χ1v) is 8.05. The Morgan fingerprint density at radius 2 is 1.86 bits per heavy atom. The molecular weight excluding hydrogens is 266 g/mol. The number of nitriles is 1. The average Bonchev–Trinajstić information content (AvgIpc) is 2.86. The quantitative estimate of drug-likeness (QED) is 0.919. The fourth-order valence-corrected chi connectivity index (χ4v) is 5.32. The highest BCUT2D eigenvalue weighted by Gasteiger charge is 2.53. The molecule has 1 heterocycles. The Morgan fingerprint density at radius 1 is 1.24 bits per heavy atom. The van der Waals surface area contributed by atoms with Gasteiger partial charge in [0, 0.05) is 5.41 Å². The van der Waals surface area contributed by atoms with Gasteiger partial charge in [-0.3, -0.25) is 0 Å². The van der Waals surface area contributed by atoms with Crippen LogP contribution in [0.15, 0.2) is 4.52 Å². The predicted molar refractivity (Wildman–Crippen MR) is 74.1 cm³/mol. The third-order valence-corrected chi connectivity index (χ3v) is 5.72. The first-order valence-electron chi connectivity index (χ1n) is 8.05. The molecule has 1 aromatic rings. The molecule has 4 aliphatic rings. The highest BCUT2D eigenvalue weighted by atomic mass is 16.5. The molecule has 1 unspecified atom stereocenters. The minimum Gasteiger partial charge on any atom is -0.392 e. The van der Waals surface area contributed by atoms with Crippen molar-refractivity contribution in [2.24, 2.45) is 17.8 Å². The van der Waals surface area contributed by atoms with Crippen molar-refractivity contribution >= 4 is 0 Å². The van der Waals surface area contributed by atoms with E-state index in [0.29, 0.717) is 5.89 Å². The second-order valence-corrected chi connectivity index (χ2v) is 7.43. The Kier molecular flexibility index (Phi) is 3.04. The molecule has 0 radical (unpaired) electrons. The molecule has 0 spiro atoms. The van der Waals surface area contributed by atoms with Crippen LogP contribution in [-0.4, -0.2) is 21.4 Å². The van der Waals surface area contributed by atoms with Crippen LogP contribution in [0.2, 0.25) is 0 Å². The molecule has 5 heteroatoms. The smallest absolute Gasteiger partial charge is 0.229 e. The van der Waals surface area contributed by atoms with Crippen molar-refractivity contribution < 1.29 is 9.63 Å². The molecule has 0 amide bonds. The summed E-state index contributed by atoms with van der Waals surface area (Å²) in [5, 5.41) is 22.5. The van der Waals surface area contributed by atoms with E-state index in [4.69, 9.17) is 9.78 Å². The third-order valence-electron chi connectivity index (χ3n) is 5.72. The molecule has 1 N–H and O–H groups in total. The van der Waals surface area contributed by atoms with Crippen LogP contribution >= 0.6 is 0 Å². The maximum atomic E-state index is 9.70. The van der Waals surface area contributed by atoms with Gasteiger partial charge in [0.2, 0.25) is 5.89 Å². The number of nitrogens with zero attached hydrogens (tertiary/aromatic N) is 3. The number of aromatic nitrogens is 2. The first kappa shape index (κ1) is 13.3. The fourth-order valence-electron chi connectivity index (χ4n) is 5.32. The summed E-state index contributed by atoms with van der Waals surface area (Å²) < 4.78 is 5.34. The number of rotatable bonds is 4. The van der Waals surface area contributed by atoms with Crippen LogP contribution in [0, 0.1) is 29.1 Å². The van der Waals surface area contributed by atoms with E-state index >= 15 is 0 Å². The topological polar surface area (TPSA) is 82.9 Å². The van der Waals surface area contributed by atoms with Crippen molar-refractivity contribution in [1.29, 1.82) is 5.26 Å². The monoisotopic (exact) mass is 287 g/mol. The molecule has 5 nitrogen and oxygen atoms in total. The van der Waals surface area contributed by atoms with E-state index in [1.807, 2.05) is 6.07 Å². The Morgan fingerprint density at radius 3 is 2.43 bits per heavy atom. The van der Waals surface area contributed by atoms with Gasteiger partial charge < -0.3 is 9.63 Å². The van der Waals surface area contributed by atoms with Crippen molar-refractivity contribution in [1.82, 2.24) is 10.1 Å². The normalized spacial score (nSPS) is 38.4. The van der Waals surface area contributed by atoms with Crippen LogP contribution in [0.5, 0.6) is 0 Å². The van der Waals surface area contributed by atoms with E-state index in [0.717, 1.165) is 23.6 Å². The highest BCUT2D eigenvalue weighted by molar-refractivity contribution is 5.16. The van der Waals surface area contributed by atoms with Gasteiger partial charge in [-0.2, -0.15) is 10.2 Å². The van der Waals surface area contributed by atoms with Crippen LogP contribution in [0.3, 0.4) is 0 Å². The SMILES string of the molecule is N#CCC(O)Cc1nc(C23CC4CC(CC(C4)C2)C3)no1. The van der Waals surface area contributed by atoms with Gasteiger partial charge in [0.1, 0.15) is 0 Å². The molecule has 4 bridgehead atoms. The van der Waals surface area contributed by atoms with E-state index in [2.05, 4.69) is 10.1 Å². The molecule has 21 heavy (non-hydrogen) atoms. The Balaban J connectivity index is 1.54. The summed E-state index contributed by atoms with van der Waals surface area (Å²) in [5.41, 5.74) is 0.136. The van der Waals surface area contributed by atoms with Crippen LogP contribution in [-0.2, 0) is 11.8 Å². The standard InChI is InChI=1S/C16H21N3O2/c17-2-1-13(20)6-14-18-15(19-21-14)16-7-10-3-11(8-16)5-12(4-10)9-16/h10-13,20H,1,3-9H2.